The molecule has 0 bridgehead atoms. The Kier molecular flexibility index (Phi) is 8.89. The van der Waals surface area contributed by atoms with Gasteiger partial charge in [-0.05, 0) is 12.1 Å². The molecule has 0 amide bonds. The monoisotopic (exact) mass is 487 g/mol. The molecule has 11 heteroatoms. The van der Waals surface area contributed by atoms with E-state index < -0.39 is 11.9 Å². The van der Waals surface area contributed by atoms with Crippen LogP contribution in [0.3, 0.4) is 0 Å². The molecule has 0 saturated heterocycles. The van der Waals surface area contributed by atoms with E-state index in [0.717, 1.165) is 16.7 Å². The fourth-order valence-corrected chi connectivity index (χ4v) is 2.41. The van der Waals surface area contributed by atoms with Crippen molar-refractivity contribution in [2.45, 2.75) is 12.7 Å². The smallest absolute Gasteiger partial charge is 0.434 e. The van der Waals surface area contributed by atoms with E-state index in [2.05, 4.69) is 25.6 Å². The Morgan fingerprint density at radius 3 is 2.76 bits per heavy atom. The average molecular weight is 487 g/mol. The predicted octanol–water partition coefficient (Wildman–Crippen LogP) is 2.92. The van der Waals surface area contributed by atoms with Gasteiger partial charge in [-0.3, -0.25) is 9.98 Å². The third-order valence-electron chi connectivity index (χ3n) is 2.77. The molecule has 2 aromatic rings. The summed E-state index contributed by atoms with van der Waals surface area (Å²) in [4.78, 5) is 11.5. The second-order valence-electron chi connectivity index (χ2n) is 4.51. The second-order valence-corrected chi connectivity index (χ2v) is 5.46. The molecule has 2 N–H and O–H groups in total. The zero-order valence-corrected chi connectivity index (χ0v) is 16.4. The molecule has 25 heavy (non-hydrogen) atoms. The summed E-state index contributed by atoms with van der Waals surface area (Å²) in [7, 11) is 1.57. The van der Waals surface area contributed by atoms with E-state index in [4.69, 9.17) is 4.74 Å². The molecule has 0 saturated carbocycles. The highest BCUT2D eigenvalue weighted by Crippen LogP contribution is 2.29. The number of pyridine rings is 1. The Balaban J connectivity index is 0.00000312. The molecule has 0 unspecified atom stereocenters. The summed E-state index contributed by atoms with van der Waals surface area (Å²) in [6.07, 6.45) is -1.16. The molecule has 0 aliphatic rings. The molecule has 0 atom stereocenters. The highest BCUT2D eigenvalue weighted by Gasteiger charge is 2.33. The number of halogens is 4. The number of nitrogens with one attached hydrogen (secondary N) is 2. The Morgan fingerprint density at radius 2 is 2.16 bits per heavy atom. The first-order chi connectivity index (χ1) is 11.5. The summed E-state index contributed by atoms with van der Waals surface area (Å²) < 4.78 is 42.9. The van der Waals surface area contributed by atoms with Gasteiger partial charge < -0.3 is 15.4 Å². The number of aromatic nitrogens is 2. The van der Waals surface area contributed by atoms with Gasteiger partial charge in [-0.1, -0.05) is 0 Å². The molecular formula is C14H17F3IN5OS. The van der Waals surface area contributed by atoms with Gasteiger partial charge in [0.25, 0.3) is 0 Å². The van der Waals surface area contributed by atoms with Crippen LogP contribution in [-0.4, -0.2) is 36.1 Å². The van der Waals surface area contributed by atoms with Crippen molar-refractivity contribution in [1.82, 2.24) is 20.6 Å². The van der Waals surface area contributed by atoms with Crippen molar-refractivity contribution in [3.05, 3.63) is 40.6 Å². The lowest BCUT2D eigenvalue weighted by Gasteiger charge is -2.11. The Labute approximate surface area is 164 Å². The van der Waals surface area contributed by atoms with E-state index in [1.165, 1.54) is 0 Å². The largest absolute Gasteiger partial charge is 0.490 e. The lowest BCUT2D eigenvalue weighted by Crippen LogP contribution is -2.38. The van der Waals surface area contributed by atoms with Gasteiger partial charge in [-0.2, -0.15) is 13.2 Å². The molecular weight excluding hydrogens is 470 g/mol. The number of guanidine groups is 1. The van der Waals surface area contributed by atoms with Crippen molar-refractivity contribution >= 4 is 41.3 Å². The van der Waals surface area contributed by atoms with Gasteiger partial charge in [0.15, 0.2) is 11.7 Å². The van der Waals surface area contributed by atoms with Crippen LogP contribution in [0.4, 0.5) is 13.2 Å². The van der Waals surface area contributed by atoms with E-state index >= 15 is 0 Å². The number of ether oxygens (including phenoxy) is 1. The summed E-state index contributed by atoms with van der Waals surface area (Å²) in [5, 5.41) is 7.22. The first kappa shape index (κ1) is 21.4. The van der Waals surface area contributed by atoms with Crippen molar-refractivity contribution in [3.63, 3.8) is 0 Å². The van der Waals surface area contributed by atoms with E-state index in [9.17, 15) is 13.2 Å². The van der Waals surface area contributed by atoms with Crippen LogP contribution in [0, 0.1) is 0 Å². The van der Waals surface area contributed by atoms with Gasteiger partial charge in [-0.25, -0.2) is 4.98 Å². The molecule has 2 heterocycles. The van der Waals surface area contributed by atoms with Gasteiger partial charge in [0, 0.05) is 18.6 Å². The number of nitrogens with zero attached hydrogens (tertiary/aromatic N) is 3. The Bertz CT molecular complexity index is 666. The number of rotatable bonds is 6. The Morgan fingerprint density at radius 1 is 1.36 bits per heavy atom. The Hall–Kier alpha value is -1.63. The summed E-state index contributed by atoms with van der Waals surface area (Å²) in [6, 6.07) is 3.56. The number of hydrogen-bond acceptors (Lipinski definition) is 5. The molecule has 0 radical (unpaired) electrons. The minimum Gasteiger partial charge on any atom is -0.490 e. The van der Waals surface area contributed by atoms with Crippen LogP contribution in [0.5, 0.6) is 5.75 Å². The van der Waals surface area contributed by atoms with Crippen molar-refractivity contribution in [2.75, 3.05) is 20.2 Å². The van der Waals surface area contributed by atoms with Gasteiger partial charge in [0.2, 0.25) is 0 Å². The maximum atomic E-state index is 12.5. The van der Waals surface area contributed by atoms with Crippen LogP contribution in [-0.2, 0) is 12.7 Å². The summed E-state index contributed by atoms with van der Waals surface area (Å²) in [5.41, 5.74) is -0.878. The van der Waals surface area contributed by atoms with Crippen molar-refractivity contribution in [2.24, 2.45) is 4.99 Å². The zero-order valence-electron chi connectivity index (χ0n) is 13.2. The quantitative estimate of drug-likeness (QED) is 0.284. The fraction of sp³-hybridized carbons (Fsp3) is 0.357. The van der Waals surface area contributed by atoms with Crippen LogP contribution >= 0.6 is 35.3 Å². The van der Waals surface area contributed by atoms with Crippen LogP contribution in [0.2, 0.25) is 0 Å². The lowest BCUT2D eigenvalue weighted by molar-refractivity contribution is -0.140. The summed E-state index contributed by atoms with van der Waals surface area (Å²) >= 11 is 0.946. The lowest BCUT2D eigenvalue weighted by atomic mass is 10.5. The van der Waals surface area contributed by atoms with Crippen LogP contribution in [0.25, 0.3) is 0 Å². The number of aliphatic imine (C=N–C) groups is 1. The molecule has 0 aliphatic carbocycles. The van der Waals surface area contributed by atoms with Gasteiger partial charge in [-0.15, -0.1) is 35.3 Å². The highest BCUT2D eigenvalue weighted by atomic mass is 127. The van der Waals surface area contributed by atoms with E-state index in [1.54, 1.807) is 31.6 Å². The molecule has 138 valence electrons. The molecule has 0 spiro atoms. The van der Waals surface area contributed by atoms with E-state index in [1.807, 2.05) is 0 Å². The first-order valence-corrected chi connectivity index (χ1v) is 7.86. The minimum atomic E-state index is -4.42. The van der Waals surface area contributed by atoms with Crippen molar-refractivity contribution < 1.29 is 17.9 Å². The predicted molar refractivity (Wildman–Crippen MR) is 100 cm³/mol. The standard InChI is InChI=1S/C14H16F3N5OS.HI/c1-18-13(20-5-6-23-10-3-2-4-19-7-10)21-8-12-22-11(9-24-12)14(15,16)17;/h2-4,7,9H,5-6,8H2,1H3,(H2,18,20,21);1H. The van der Waals surface area contributed by atoms with Crippen LogP contribution in [0.1, 0.15) is 10.7 Å². The molecule has 2 rings (SSSR count). The maximum Gasteiger partial charge on any atom is 0.434 e. The highest BCUT2D eigenvalue weighted by molar-refractivity contribution is 14.0. The fourth-order valence-electron chi connectivity index (χ4n) is 1.67. The third kappa shape index (κ3) is 7.42. The topological polar surface area (TPSA) is 71.4 Å². The normalized spacial score (nSPS) is 11.6. The van der Waals surface area contributed by atoms with Gasteiger partial charge >= 0.3 is 6.18 Å². The molecule has 0 aromatic carbocycles. The molecule has 6 nitrogen and oxygen atoms in total. The zero-order chi connectivity index (χ0) is 17.4. The average Bonchev–Trinajstić information content (AvgIpc) is 3.04. The van der Waals surface area contributed by atoms with Gasteiger partial charge in [0.05, 0.1) is 19.3 Å². The van der Waals surface area contributed by atoms with Crippen molar-refractivity contribution in [1.29, 1.82) is 0 Å². The van der Waals surface area contributed by atoms with Crippen LogP contribution < -0.4 is 15.4 Å². The van der Waals surface area contributed by atoms with Crippen LogP contribution in [0.15, 0.2) is 34.9 Å². The number of alkyl halides is 3. The summed E-state index contributed by atoms with van der Waals surface area (Å²) in [6.45, 7) is 1.02. The van der Waals surface area contributed by atoms with Gasteiger partial charge in [0.1, 0.15) is 17.4 Å². The molecule has 0 fully saturated rings. The molecule has 0 aliphatic heterocycles. The maximum absolute atomic E-state index is 12.5. The van der Waals surface area contributed by atoms with E-state index in [0.29, 0.717) is 29.9 Å². The SMILES string of the molecule is CN=C(NCCOc1cccnc1)NCc1nc(C(F)(F)F)cs1.I. The van der Waals surface area contributed by atoms with Crippen molar-refractivity contribution in [3.8, 4) is 5.75 Å². The first-order valence-electron chi connectivity index (χ1n) is 6.98. The number of thiazole rings is 1. The van der Waals surface area contributed by atoms with E-state index in [-0.39, 0.29) is 30.5 Å². The third-order valence-corrected chi connectivity index (χ3v) is 3.62. The second kappa shape index (κ2) is 10.4. The molecule has 2 aromatic heterocycles. The summed E-state index contributed by atoms with van der Waals surface area (Å²) in [5.74, 6) is 1.11. The number of hydrogen-bond donors (Lipinski definition) is 2. The minimum absolute atomic E-state index is 0.